The van der Waals surface area contributed by atoms with Crippen molar-refractivity contribution in [3.63, 3.8) is 0 Å². The van der Waals surface area contributed by atoms with Gasteiger partial charge in [0, 0.05) is 44.8 Å². The minimum Gasteiger partial charge on any atom is -0.355 e. The van der Waals surface area contributed by atoms with Gasteiger partial charge in [-0.25, -0.2) is 13.1 Å². The van der Waals surface area contributed by atoms with E-state index >= 15 is 0 Å². The van der Waals surface area contributed by atoms with Crippen molar-refractivity contribution in [1.29, 1.82) is 0 Å². The molecule has 28 heavy (non-hydrogen) atoms. The first kappa shape index (κ1) is 22.1. The monoisotopic (exact) mass is 408 g/mol. The summed E-state index contributed by atoms with van der Waals surface area (Å²) < 4.78 is 26.9. The largest absolute Gasteiger partial charge is 0.355 e. The van der Waals surface area contributed by atoms with Gasteiger partial charge in [0.15, 0.2) is 0 Å². The van der Waals surface area contributed by atoms with E-state index in [1.54, 1.807) is 17.0 Å². The summed E-state index contributed by atoms with van der Waals surface area (Å²) >= 11 is 0. The van der Waals surface area contributed by atoms with Gasteiger partial charge in [0.2, 0.25) is 15.9 Å². The molecule has 0 spiro atoms. The molecule has 0 radical (unpaired) electrons. The normalized spacial score (nSPS) is 15.2. The molecule has 9 heteroatoms. The fourth-order valence-electron chi connectivity index (χ4n) is 2.86. The van der Waals surface area contributed by atoms with Gasteiger partial charge in [-0.3, -0.25) is 14.5 Å². The van der Waals surface area contributed by atoms with E-state index < -0.39 is 10.0 Å². The number of amides is 2. The third-order valence-electron chi connectivity index (χ3n) is 4.41. The van der Waals surface area contributed by atoms with Gasteiger partial charge >= 0.3 is 0 Å². The van der Waals surface area contributed by atoms with Gasteiger partial charge in [-0.15, -0.1) is 6.58 Å². The van der Waals surface area contributed by atoms with Crippen LogP contribution >= 0.6 is 0 Å². The zero-order valence-corrected chi connectivity index (χ0v) is 17.0. The van der Waals surface area contributed by atoms with Gasteiger partial charge in [0.25, 0.3) is 5.91 Å². The molecule has 8 nitrogen and oxygen atoms in total. The number of hydrogen-bond donors (Lipinski definition) is 2. The summed E-state index contributed by atoms with van der Waals surface area (Å²) in [6, 6.07) is 6.01. The minimum atomic E-state index is -3.68. The molecule has 2 amide bonds. The van der Waals surface area contributed by atoms with E-state index in [-0.39, 0.29) is 23.3 Å². The number of hydrogen-bond acceptors (Lipinski definition) is 5. The average molecular weight is 409 g/mol. The summed E-state index contributed by atoms with van der Waals surface area (Å²) in [5.74, 6) is -0.220. The molecule has 154 valence electrons. The van der Waals surface area contributed by atoms with Crippen LogP contribution in [0.15, 0.2) is 41.8 Å². The smallest absolute Gasteiger partial charge is 0.253 e. The Morgan fingerprint density at radius 1 is 1.21 bits per heavy atom. The Hall–Kier alpha value is -2.23. The highest BCUT2D eigenvalue weighted by molar-refractivity contribution is 7.89. The lowest BCUT2D eigenvalue weighted by Crippen LogP contribution is -2.51. The van der Waals surface area contributed by atoms with Crippen LogP contribution in [-0.2, 0) is 14.8 Å². The molecule has 0 aromatic heterocycles. The molecule has 0 atom stereocenters. The van der Waals surface area contributed by atoms with Crippen molar-refractivity contribution < 1.29 is 18.0 Å². The molecular formula is C19H28N4O4S. The van der Waals surface area contributed by atoms with Crippen LogP contribution in [-0.4, -0.2) is 75.8 Å². The Kier molecular flexibility index (Phi) is 8.16. The highest BCUT2D eigenvalue weighted by Gasteiger charge is 2.24. The topological polar surface area (TPSA) is 98.8 Å². The summed E-state index contributed by atoms with van der Waals surface area (Å²) in [6.07, 6.45) is 2.35. The van der Waals surface area contributed by atoms with Crippen molar-refractivity contribution >= 4 is 21.8 Å². The SMILES string of the molecule is C=CCNS(=O)(=O)c1cccc(C(=O)N2CCN(CC(=O)NCCC)CC2)c1. The van der Waals surface area contributed by atoms with Gasteiger partial charge < -0.3 is 10.2 Å². The van der Waals surface area contributed by atoms with E-state index in [9.17, 15) is 18.0 Å². The second-order valence-corrected chi connectivity index (χ2v) is 8.35. The maximum absolute atomic E-state index is 12.8. The summed E-state index contributed by atoms with van der Waals surface area (Å²) in [6.45, 7) is 8.78. The number of carbonyl (C=O) groups excluding carboxylic acids is 2. The standard InChI is InChI=1S/C19H28N4O4S/c1-3-8-20-18(24)15-22-10-12-23(13-11-22)19(25)16-6-5-7-17(14-16)28(26,27)21-9-4-2/h4-7,14,21H,2-3,8-13,15H2,1H3,(H,20,24). The number of piperazine rings is 1. The fraction of sp³-hybridized carbons (Fsp3) is 0.474. The predicted octanol–water partition coefficient (Wildman–Crippen LogP) is 0.435. The molecule has 0 unspecified atom stereocenters. The molecule has 1 aliphatic heterocycles. The average Bonchev–Trinajstić information content (AvgIpc) is 2.71. The summed E-state index contributed by atoms with van der Waals surface area (Å²) in [4.78, 5) is 28.3. The number of rotatable bonds is 9. The lowest BCUT2D eigenvalue weighted by molar-refractivity contribution is -0.122. The maximum atomic E-state index is 12.8. The Balaban J connectivity index is 1.96. The number of sulfonamides is 1. The molecule has 2 rings (SSSR count). The summed E-state index contributed by atoms with van der Waals surface area (Å²) in [5.41, 5.74) is 0.329. The van der Waals surface area contributed by atoms with E-state index in [4.69, 9.17) is 0 Å². The van der Waals surface area contributed by atoms with E-state index in [0.29, 0.717) is 44.8 Å². The predicted molar refractivity (Wildman–Crippen MR) is 107 cm³/mol. The summed E-state index contributed by atoms with van der Waals surface area (Å²) in [7, 11) is -3.68. The van der Waals surface area contributed by atoms with E-state index in [0.717, 1.165) is 6.42 Å². The minimum absolute atomic E-state index is 0.00782. The fourth-order valence-corrected chi connectivity index (χ4v) is 3.91. The van der Waals surface area contributed by atoms with Gasteiger partial charge in [-0.2, -0.15) is 0 Å². The first-order chi connectivity index (χ1) is 13.4. The van der Waals surface area contributed by atoms with Crippen molar-refractivity contribution in [2.45, 2.75) is 18.2 Å². The zero-order valence-electron chi connectivity index (χ0n) is 16.2. The lowest BCUT2D eigenvalue weighted by Gasteiger charge is -2.34. The molecule has 0 aliphatic carbocycles. The second-order valence-electron chi connectivity index (χ2n) is 6.59. The quantitative estimate of drug-likeness (QED) is 0.578. The molecule has 1 aromatic carbocycles. The molecule has 2 N–H and O–H groups in total. The first-order valence-electron chi connectivity index (χ1n) is 9.36. The molecule has 1 aromatic rings. The van der Waals surface area contributed by atoms with Crippen molar-refractivity contribution in [2.75, 3.05) is 45.8 Å². The van der Waals surface area contributed by atoms with Crippen molar-refractivity contribution in [3.05, 3.63) is 42.5 Å². The molecule has 0 saturated carbocycles. The Labute approximate surface area is 166 Å². The number of carbonyl (C=O) groups is 2. The van der Waals surface area contributed by atoms with Crippen LogP contribution in [0.4, 0.5) is 0 Å². The first-order valence-corrected chi connectivity index (χ1v) is 10.8. The van der Waals surface area contributed by atoms with Gasteiger partial charge in [0.05, 0.1) is 11.4 Å². The van der Waals surface area contributed by atoms with Crippen molar-refractivity contribution in [3.8, 4) is 0 Å². The number of benzene rings is 1. The van der Waals surface area contributed by atoms with E-state index in [1.807, 2.05) is 11.8 Å². The van der Waals surface area contributed by atoms with Crippen LogP contribution in [0.3, 0.4) is 0 Å². The van der Waals surface area contributed by atoms with E-state index in [1.165, 1.54) is 18.2 Å². The second kappa shape index (κ2) is 10.4. The lowest BCUT2D eigenvalue weighted by atomic mass is 10.2. The van der Waals surface area contributed by atoms with E-state index in [2.05, 4.69) is 16.6 Å². The van der Waals surface area contributed by atoms with Crippen LogP contribution in [0, 0.1) is 0 Å². The van der Waals surface area contributed by atoms with Gasteiger partial charge in [-0.1, -0.05) is 19.1 Å². The Bertz CT molecular complexity index is 802. The number of nitrogens with one attached hydrogen (secondary N) is 2. The van der Waals surface area contributed by atoms with Crippen LogP contribution in [0.2, 0.25) is 0 Å². The van der Waals surface area contributed by atoms with Gasteiger partial charge in [-0.05, 0) is 24.6 Å². The highest BCUT2D eigenvalue weighted by Crippen LogP contribution is 2.14. The maximum Gasteiger partial charge on any atom is 0.253 e. The third-order valence-corrected chi connectivity index (χ3v) is 5.83. The van der Waals surface area contributed by atoms with Crippen LogP contribution in [0.25, 0.3) is 0 Å². The van der Waals surface area contributed by atoms with Gasteiger partial charge in [0.1, 0.15) is 0 Å². The summed E-state index contributed by atoms with van der Waals surface area (Å²) in [5, 5.41) is 2.84. The molecule has 1 saturated heterocycles. The van der Waals surface area contributed by atoms with Crippen LogP contribution in [0.1, 0.15) is 23.7 Å². The molecule has 1 aliphatic rings. The third kappa shape index (κ3) is 6.15. The molecular weight excluding hydrogens is 380 g/mol. The Morgan fingerprint density at radius 2 is 1.93 bits per heavy atom. The Morgan fingerprint density at radius 3 is 2.57 bits per heavy atom. The molecule has 1 heterocycles. The van der Waals surface area contributed by atoms with Crippen LogP contribution < -0.4 is 10.0 Å². The zero-order chi connectivity index (χ0) is 20.6. The molecule has 0 bridgehead atoms. The highest BCUT2D eigenvalue weighted by atomic mass is 32.2. The van der Waals surface area contributed by atoms with Crippen molar-refractivity contribution in [2.24, 2.45) is 0 Å². The van der Waals surface area contributed by atoms with Crippen molar-refractivity contribution in [1.82, 2.24) is 19.8 Å². The van der Waals surface area contributed by atoms with Crippen LogP contribution in [0.5, 0.6) is 0 Å². The number of nitrogens with zero attached hydrogens (tertiary/aromatic N) is 2. The molecule has 1 fully saturated rings.